The number of phenols is 1. The molecule has 3 rings (SSSR count). The molecule has 100 valence electrons. The molecule has 3 nitrogen and oxygen atoms in total. The van der Waals surface area contributed by atoms with Gasteiger partial charge in [-0.05, 0) is 36.2 Å². The number of phenolic OH excluding ortho intramolecular Hbond substituents is 1. The standard InChI is InChI=1S/C16H19NO2/c18-13-5-3-9-17(10-13)11-15-14-6-2-1-4-12(14)7-8-16(15)19/h1-2,4,6-8,13,18-19H,3,5,9-11H2/t13-/m0/s1. The van der Waals surface area contributed by atoms with Crippen molar-refractivity contribution >= 4 is 10.8 Å². The van der Waals surface area contributed by atoms with E-state index in [1.807, 2.05) is 24.3 Å². The van der Waals surface area contributed by atoms with Gasteiger partial charge >= 0.3 is 0 Å². The zero-order valence-corrected chi connectivity index (χ0v) is 10.9. The molecule has 0 spiro atoms. The SMILES string of the molecule is Oc1ccc2ccccc2c1CN1CCC[C@H](O)C1. The quantitative estimate of drug-likeness (QED) is 0.868. The van der Waals surface area contributed by atoms with Gasteiger partial charge in [0.2, 0.25) is 0 Å². The number of aliphatic hydroxyl groups excluding tert-OH is 1. The fourth-order valence-electron chi connectivity index (χ4n) is 2.89. The lowest BCUT2D eigenvalue weighted by Crippen LogP contribution is -2.37. The number of piperidine rings is 1. The topological polar surface area (TPSA) is 43.7 Å². The first kappa shape index (κ1) is 12.5. The van der Waals surface area contributed by atoms with E-state index in [9.17, 15) is 10.2 Å². The summed E-state index contributed by atoms with van der Waals surface area (Å²) in [7, 11) is 0. The van der Waals surface area contributed by atoms with Gasteiger partial charge in [-0.3, -0.25) is 4.90 Å². The van der Waals surface area contributed by atoms with E-state index in [0.717, 1.165) is 35.7 Å². The fraction of sp³-hybridized carbons (Fsp3) is 0.375. The van der Waals surface area contributed by atoms with Gasteiger partial charge in [0, 0.05) is 18.7 Å². The lowest BCUT2D eigenvalue weighted by atomic mass is 10.0. The van der Waals surface area contributed by atoms with Gasteiger partial charge in [-0.2, -0.15) is 0 Å². The predicted molar refractivity (Wildman–Crippen MR) is 76.1 cm³/mol. The summed E-state index contributed by atoms with van der Waals surface area (Å²) in [6.45, 7) is 2.38. The Morgan fingerprint density at radius 3 is 2.84 bits per heavy atom. The molecule has 19 heavy (non-hydrogen) atoms. The van der Waals surface area contributed by atoms with E-state index in [2.05, 4.69) is 11.0 Å². The summed E-state index contributed by atoms with van der Waals surface area (Å²) in [6.07, 6.45) is 1.68. The minimum Gasteiger partial charge on any atom is -0.508 e. The molecule has 0 saturated carbocycles. The second-order valence-electron chi connectivity index (χ2n) is 5.32. The highest BCUT2D eigenvalue weighted by molar-refractivity contribution is 5.87. The average molecular weight is 257 g/mol. The Morgan fingerprint density at radius 1 is 1.16 bits per heavy atom. The highest BCUT2D eigenvalue weighted by atomic mass is 16.3. The molecule has 0 aliphatic carbocycles. The number of likely N-dealkylation sites (tertiary alicyclic amines) is 1. The molecule has 1 fully saturated rings. The van der Waals surface area contributed by atoms with E-state index in [4.69, 9.17) is 0 Å². The molecule has 2 N–H and O–H groups in total. The van der Waals surface area contributed by atoms with E-state index in [0.29, 0.717) is 18.8 Å². The zero-order valence-electron chi connectivity index (χ0n) is 10.9. The van der Waals surface area contributed by atoms with Crippen LogP contribution in [0, 0.1) is 0 Å². The molecule has 2 aromatic rings. The number of nitrogens with zero attached hydrogens (tertiary/aromatic N) is 1. The number of hydrogen-bond donors (Lipinski definition) is 2. The van der Waals surface area contributed by atoms with Crippen LogP contribution in [-0.4, -0.2) is 34.3 Å². The highest BCUT2D eigenvalue weighted by Gasteiger charge is 2.19. The third kappa shape index (κ3) is 2.57. The molecule has 2 aromatic carbocycles. The van der Waals surface area contributed by atoms with Crippen LogP contribution in [0.15, 0.2) is 36.4 Å². The number of aromatic hydroxyl groups is 1. The highest BCUT2D eigenvalue weighted by Crippen LogP contribution is 2.29. The van der Waals surface area contributed by atoms with E-state index < -0.39 is 0 Å². The first-order valence-corrected chi connectivity index (χ1v) is 6.84. The minimum absolute atomic E-state index is 0.231. The second kappa shape index (κ2) is 5.19. The molecule has 1 saturated heterocycles. The molecule has 0 bridgehead atoms. The van der Waals surface area contributed by atoms with Crippen molar-refractivity contribution in [1.82, 2.24) is 4.90 Å². The van der Waals surface area contributed by atoms with Crippen molar-refractivity contribution in [3.8, 4) is 5.75 Å². The van der Waals surface area contributed by atoms with Crippen molar-refractivity contribution in [1.29, 1.82) is 0 Å². The smallest absolute Gasteiger partial charge is 0.120 e. The maximum atomic E-state index is 10.1. The van der Waals surface area contributed by atoms with Crippen LogP contribution < -0.4 is 0 Å². The largest absolute Gasteiger partial charge is 0.508 e. The lowest BCUT2D eigenvalue weighted by molar-refractivity contribution is 0.0666. The van der Waals surface area contributed by atoms with Crippen molar-refractivity contribution in [2.24, 2.45) is 0 Å². The van der Waals surface area contributed by atoms with Crippen LogP contribution in [0.5, 0.6) is 5.75 Å². The van der Waals surface area contributed by atoms with Crippen LogP contribution in [0.3, 0.4) is 0 Å². The Labute approximate surface area is 113 Å². The fourth-order valence-corrected chi connectivity index (χ4v) is 2.89. The number of benzene rings is 2. The average Bonchev–Trinajstić information content (AvgIpc) is 2.42. The second-order valence-corrected chi connectivity index (χ2v) is 5.32. The zero-order chi connectivity index (χ0) is 13.2. The third-order valence-electron chi connectivity index (χ3n) is 3.88. The van der Waals surface area contributed by atoms with Crippen molar-refractivity contribution in [2.75, 3.05) is 13.1 Å². The minimum atomic E-state index is -0.231. The van der Waals surface area contributed by atoms with Gasteiger partial charge in [-0.25, -0.2) is 0 Å². The Balaban J connectivity index is 1.93. The van der Waals surface area contributed by atoms with Crippen molar-refractivity contribution in [3.05, 3.63) is 42.0 Å². The molecule has 0 amide bonds. The molecule has 1 aliphatic heterocycles. The van der Waals surface area contributed by atoms with Crippen LogP contribution in [0.4, 0.5) is 0 Å². The molecule has 1 atom stereocenters. The van der Waals surface area contributed by atoms with Crippen molar-refractivity contribution < 1.29 is 10.2 Å². The summed E-state index contributed by atoms with van der Waals surface area (Å²) in [5, 5.41) is 22.1. The van der Waals surface area contributed by atoms with E-state index in [-0.39, 0.29) is 6.10 Å². The molecule has 1 aliphatic rings. The summed E-state index contributed by atoms with van der Waals surface area (Å²) in [5.41, 5.74) is 0.965. The van der Waals surface area contributed by atoms with Crippen molar-refractivity contribution in [3.63, 3.8) is 0 Å². The molecule has 0 unspecified atom stereocenters. The molecule has 0 aromatic heterocycles. The molecular weight excluding hydrogens is 238 g/mol. The lowest BCUT2D eigenvalue weighted by Gasteiger charge is -2.30. The van der Waals surface area contributed by atoms with Gasteiger partial charge in [0.05, 0.1) is 6.10 Å². The molecule has 3 heteroatoms. The Kier molecular flexibility index (Phi) is 3.40. The summed E-state index contributed by atoms with van der Waals surface area (Å²) >= 11 is 0. The van der Waals surface area contributed by atoms with Gasteiger partial charge in [-0.1, -0.05) is 30.3 Å². The van der Waals surface area contributed by atoms with E-state index in [1.165, 1.54) is 0 Å². The van der Waals surface area contributed by atoms with Gasteiger partial charge in [0.25, 0.3) is 0 Å². The molecule has 1 heterocycles. The number of β-amino-alcohol motifs (C(OH)–C–C–N with tert-alkyl or cyclic N) is 1. The third-order valence-corrected chi connectivity index (χ3v) is 3.88. The van der Waals surface area contributed by atoms with E-state index in [1.54, 1.807) is 6.07 Å². The van der Waals surface area contributed by atoms with Crippen LogP contribution in [0.2, 0.25) is 0 Å². The van der Waals surface area contributed by atoms with Crippen LogP contribution >= 0.6 is 0 Å². The van der Waals surface area contributed by atoms with Gasteiger partial charge < -0.3 is 10.2 Å². The number of aliphatic hydroxyl groups is 1. The molecule has 0 radical (unpaired) electrons. The number of rotatable bonds is 2. The first-order chi connectivity index (χ1) is 9.24. The Bertz CT molecular complexity index is 582. The summed E-state index contributed by atoms with van der Waals surface area (Å²) in [5.74, 6) is 0.346. The number of hydrogen-bond acceptors (Lipinski definition) is 3. The van der Waals surface area contributed by atoms with Gasteiger partial charge in [0.15, 0.2) is 0 Å². The maximum absolute atomic E-state index is 10.1. The summed E-state index contributed by atoms with van der Waals surface area (Å²) < 4.78 is 0. The van der Waals surface area contributed by atoms with Crippen molar-refractivity contribution in [2.45, 2.75) is 25.5 Å². The monoisotopic (exact) mass is 257 g/mol. The Hall–Kier alpha value is -1.58. The summed E-state index contributed by atoms with van der Waals surface area (Å²) in [6, 6.07) is 11.8. The van der Waals surface area contributed by atoms with Crippen LogP contribution in [0.25, 0.3) is 10.8 Å². The van der Waals surface area contributed by atoms with Crippen LogP contribution in [0.1, 0.15) is 18.4 Å². The summed E-state index contributed by atoms with van der Waals surface area (Å²) in [4.78, 5) is 2.22. The maximum Gasteiger partial charge on any atom is 0.120 e. The van der Waals surface area contributed by atoms with E-state index >= 15 is 0 Å². The number of fused-ring (bicyclic) bond motifs is 1. The Morgan fingerprint density at radius 2 is 2.00 bits per heavy atom. The van der Waals surface area contributed by atoms with Gasteiger partial charge in [0.1, 0.15) is 5.75 Å². The van der Waals surface area contributed by atoms with Crippen LogP contribution in [-0.2, 0) is 6.54 Å². The first-order valence-electron chi connectivity index (χ1n) is 6.84. The normalized spacial score (nSPS) is 20.8. The molecular formula is C16H19NO2. The van der Waals surface area contributed by atoms with Gasteiger partial charge in [-0.15, -0.1) is 0 Å². The predicted octanol–water partition coefficient (Wildman–Crippen LogP) is 2.50.